The number of ether oxygens (including phenoxy) is 1. The average molecular weight is 768 g/mol. The van der Waals surface area contributed by atoms with Crippen LogP contribution in [-0.2, 0) is 22.8 Å². The molecule has 14 nitrogen and oxygen atoms in total. The summed E-state index contributed by atoms with van der Waals surface area (Å²) in [6.07, 6.45) is -2.41. The molecule has 0 radical (unpaired) electrons. The maximum atomic E-state index is 13.8. The van der Waals surface area contributed by atoms with E-state index >= 15 is 0 Å². The zero-order chi connectivity index (χ0) is 37.8. The molecular weight excluding hydrogens is 733 g/mol. The predicted molar refractivity (Wildman–Crippen MR) is 177 cm³/mol. The Hall–Kier alpha value is -4.78. The zero-order valence-corrected chi connectivity index (χ0v) is 28.9. The highest BCUT2D eigenvalue weighted by Gasteiger charge is 2.59. The van der Waals surface area contributed by atoms with Gasteiger partial charge in [-0.2, -0.15) is 18.3 Å². The number of urea groups is 1. The summed E-state index contributed by atoms with van der Waals surface area (Å²) in [7, 11) is 1.31. The lowest BCUT2D eigenvalue weighted by Crippen LogP contribution is -2.49. The van der Waals surface area contributed by atoms with Crippen LogP contribution in [0.1, 0.15) is 52.0 Å². The van der Waals surface area contributed by atoms with Crippen molar-refractivity contribution >= 4 is 41.6 Å². The predicted octanol–water partition coefficient (Wildman–Crippen LogP) is 3.70. The summed E-state index contributed by atoms with van der Waals surface area (Å²) in [5.41, 5.74) is -1.68. The molecule has 2 aromatic heterocycles. The third kappa shape index (κ3) is 7.40. The standard InChI is InChI=1S/C33H35ClF5N9O5/c1-46-24(21-14-48(26-7-32(26,35)36)45-27(21)33(37,38)39)10-41-28(46)30(51)43-19-2-3-20(22(34)6-19)29(50)42-8-16-4-17-12-47(13-18(17)5-16)31(52)44-23-9-40-11-25(23)53-15-49/h2-3,6,10,14-18,23,25-26,40H,4-5,7-9,11-13H2,1H3,(H,42,50)(H,43,51)(H,44,52)/t16?,17?,18?,23-,25-,26?/m1/s1. The number of nitrogens with one attached hydrogen (secondary N) is 4. The van der Waals surface area contributed by atoms with Crippen molar-refractivity contribution in [3.63, 3.8) is 0 Å². The number of amides is 4. The van der Waals surface area contributed by atoms with Gasteiger partial charge in [-0.15, -0.1) is 0 Å². The quantitative estimate of drug-likeness (QED) is 0.179. The van der Waals surface area contributed by atoms with Gasteiger partial charge in [0.15, 0.2) is 11.5 Å². The molecule has 4 fully saturated rings. The zero-order valence-electron chi connectivity index (χ0n) is 28.1. The molecule has 284 valence electrons. The highest BCUT2D eigenvalue weighted by Crippen LogP contribution is 2.53. The van der Waals surface area contributed by atoms with E-state index in [1.807, 2.05) is 0 Å². The number of hydrogen-bond donors (Lipinski definition) is 4. The number of halogens is 6. The normalized spacial score (nSPS) is 25.9. The fourth-order valence-electron chi connectivity index (χ4n) is 7.62. The van der Waals surface area contributed by atoms with E-state index in [0.29, 0.717) is 55.7 Å². The van der Waals surface area contributed by atoms with Crippen molar-refractivity contribution < 1.29 is 45.9 Å². The van der Waals surface area contributed by atoms with E-state index in [0.717, 1.165) is 29.8 Å². The van der Waals surface area contributed by atoms with Crippen molar-refractivity contribution in [3.05, 3.63) is 52.7 Å². The van der Waals surface area contributed by atoms with Crippen LogP contribution in [0.15, 0.2) is 30.6 Å². The summed E-state index contributed by atoms with van der Waals surface area (Å²) in [4.78, 5) is 55.5. The van der Waals surface area contributed by atoms with E-state index in [1.165, 1.54) is 25.2 Å². The summed E-state index contributed by atoms with van der Waals surface area (Å²) in [5, 5.41) is 15.0. The largest absolute Gasteiger partial charge is 0.461 e. The van der Waals surface area contributed by atoms with Gasteiger partial charge in [0, 0.05) is 58.1 Å². The number of imidazole rings is 1. The van der Waals surface area contributed by atoms with E-state index in [4.69, 9.17) is 16.3 Å². The van der Waals surface area contributed by atoms with Crippen LogP contribution in [0, 0.1) is 17.8 Å². The van der Waals surface area contributed by atoms with Crippen molar-refractivity contribution in [2.24, 2.45) is 24.8 Å². The third-order valence-electron chi connectivity index (χ3n) is 10.4. The molecule has 0 bridgehead atoms. The Labute approximate surface area is 303 Å². The molecule has 7 rings (SSSR count). The first-order chi connectivity index (χ1) is 25.1. The second-order valence-corrected chi connectivity index (χ2v) is 14.4. The number of likely N-dealkylation sites (tertiary alicyclic amines) is 1. The summed E-state index contributed by atoms with van der Waals surface area (Å²) in [6.45, 7) is 2.98. The van der Waals surface area contributed by atoms with E-state index in [2.05, 4.69) is 31.3 Å². The average Bonchev–Trinajstić information content (AvgIpc) is 3.75. The number of alkyl halides is 5. The minimum atomic E-state index is -4.95. The maximum absolute atomic E-state index is 13.8. The van der Waals surface area contributed by atoms with Crippen molar-refractivity contribution in [1.29, 1.82) is 0 Å². The molecule has 4 aliphatic rings. The Kier molecular flexibility index (Phi) is 9.58. The molecule has 2 saturated carbocycles. The van der Waals surface area contributed by atoms with Gasteiger partial charge in [0.1, 0.15) is 12.1 Å². The smallest absolute Gasteiger partial charge is 0.435 e. The van der Waals surface area contributed by atoms with Gasteiger partial charge >= 0.3 is 12.2 Å². The van der Waals surface area contributed by atoms with Crippen molar-refractivity contribution in [1.82, 2.24) is 40.2 Å². The lowest BCUT2D eigenvalue weighted by molar-refractivity contribution is -0.141. The highest BCUT2D eigenvalue weighted by atomic mass is 35.5. The first-order valence-corrected chi connectivity index (χ1v) is 17.3. The number of fused-ring (bicyclic) bond motifs is 1. The Balaban J connectivity index is 0.914. The van der Waals surface area contributed by atoms with Gasteiger partial charge in [0.05, 0.1) is 34.1 Å². The van der Waals surface area contributed by atoms with Crippen LogP contribution in [0.3, 0.4) is 0 Å². The van der Waals surface area contributed by atoms with Crippen LogP contribution >= 0.6 is 11.6 Å². The Morgan fingerprint density at radius 2 is 1.85 bits per heavy atom. The second-order valence-electron chi connectivity index (χ2n) is 14.0. The lowest BCUT2D eigenvalue weighted by Gasteiger charge is -2.24. The Morgan fingerprint density at radius 1 is 1.13 bits per heavy atom. The van der Waals surface area contributed by atoms with E-state index < -0.39 is 53.7 Å². The van der Waals surface area contributed by atoms with Gasteiger partial charge < -0.3 is 35.5 Å². The number of carbonyl (C=O) groups excluding carboxylic acids is 4. The van der Waals surface area contributed by atoms with E-state index in [1.54, 1.807) is 4.90 Å². The number of rotatable bonds is 10. The molecule has 3 unspecified atom stereocenters. The van der Waals surface area contributed by atoms with Gasteiger partial charge in [0.2, 0.25) is 0 Å². The van der Waals surface area contributed by atoms with Crippen LogP contribution in [0.2, 0.25) is 5.02 Å². The third-order valence-corrected chi connectivity index (χ3v) is 10.7. The SMILES string of the molecule is Cn1c(-c2cn(C3CC3(F)F)nc2C(F)(F)F)cnc1C(=O)Nc1ccc(C(=O)NCC2CC3CN(C(=O)N[C@@H]4CNC[C@H]4OC=O)CC3C2)c(Cl)c1. The molecule has 2 aliphatic carbocycles. The number of hydrogen-bond acceptors (Lipinski definition) is 8. The van der Waals surface area contributed by atoms with Crippen LogP contribution < -0.4 is 21.3 Å². The van der Waals surface area contributed by atoms with Crippen LogP contribution in [-0.4, -0.2) is 99.3 Å². The molecule has 53 heavy (non-hydrogen) atoms. The molecule has 3 aromatic rings. The van der Waals surface area contributed by atoms with Crippen LogP contribution in [0.4, 0.5) is 32.4 Å². The number of benzene rings is 1. The molecule has 2 aliphatic heterocycles. The van der Waals surface area contributed by atoms with Gasteiger partial charge in [-0.3, -0.25) is 19.1 Å². The maximum Gasteiger partial charge on any atom is 0.435 e. The summed E-state index contributed by atoms with van der Waals surface area (Å²) >= 11 is 6.41. The topological polar surface area (TPSA) is 165 Å². The van der Waals surface area contributed by atoms with Crippen LogP contribution in [0.5, 0.6) is 0 Å². The molecule has 4 N–H and O–H groups in total. The lowest BCUT2D eigenvalue weighted by atomic mass is 10.0. The molecule has 20 heteroatoms. The summed E-state index contributed by atoms with van der Waals surface area (Å²) in [5.74, 6) is -3.83. The minimum absolute atomic E-state index is 0.0446. The van der Waals surface area contributed by atoms with Gasteiger partial charge in [-0.05, 0) is 48.8 Å². The van der Waals surface area contributed by atoms with E-state index in [-0.39, 0.29) is 45.8 Å². The summed E-state index contributed by atoms with van der Waals surface area (Å²) in [6, 6.07) is 2.26. The first kappa shape index (κ1) is 36.6. The van der Waals surface area contributed by atoms with Crippen LogP contribution in [0.25, 0.3) is 11.3 Å². The van der Waals surface area contributed by atoms with Gasteiger partial charge in [-0.25, -0.2) is 18.6 Å². The second kappa shape index (κ2) is 13.9. The fourth-order valence-corrected chi connectivity index (χ4v) is 7.89. The van der Waals surface area contributed by atoms with E-state index in [9.17, 15) is 41.1 Å². The molecule has 4 heterocycles. The highest BCUT2D eigenvalue weighted by molar-refractivity contribution is 6.34. The molecule has 0 spiro atoms. The van der Waals surface area contributed by atoms with Crippen molar-refractivity contribution in [2.45, 2.75) is 49.5 Å². The monoisotopic (exact) mass is 767 g/mol. The van der Waals surface area contributed by atoms with Gasteiger partial charge in [-0.1, -0.05) is 11.6 Å². The molecule has 5 atom stereocenters. The molecule has 4 amide bonds. The number of nitrogens with zero attached hydrogens (tertiary/aromatic N) is 5. The van der Waals surface area contributed by atoms with Crippen molar-refractivity contribution in [2.75, 3.05) is 38.0 Å². The number of carbonyl (C=O) groups is 4. The van der Waals surface area contributed by atoms with Gasteiger partial charge in [0.25, 0.3) is 24.2 Å². The fraction of sp³-hybridized carbons (Fsp3) is 0.515. The molecular formula is C33H35ClF5N9O5. The minimum Gasteiger partial charge on any atom is -0.461 e. The summed E-state index contributed by atoms with van der Waals surface area (Å²) < 4.78 is 75.3. The first-order valence-electron chi connectivity index (χ1n) is 16.9. The molecule has 2 saturated heterocycles. The Morgan fingerprint density at radius 3 is 2.49 bits per heavy atom. The van der Waals surface area contributed by atoms with Crippen molar-refractivity contribution in [3.8, 4) is 11.3 Å². The number of anilines is 1. The Bertz CT molecular complexity index is 1920. The molecule has 1 aromatic carbocycles. The number of aromatic nitrogens is 4.